The predicted molar refractivity (Wildman–Crippen MR) is 84.1 cm³/mol. The molecule has 1 aliphatic rings. The maximum atomic E-state index is 12.3. The van der Waals surface area contributed by atoms with E-state index in [0.717, 1.165) is 20.5 Å². The standard InChI is InChI=1S/C14H16BrNO5S/c1-2-22(20,21)8-13(17)16-7-9-4-3-5-11(15)10(9)6-12(16)14(18)19/h3-5,12H,2,6-8H2,1H3,(H,18,19). The van der Waals surface area contributed by atoms with E-state index in [2.05, 4.69) is 15.9 Å². The number of hydrogen-bond acceptors (Lipinski definition) is 4. The van der Waals surface area contributed by atoms with Crippen LogP contribution in [0.4, 0.5) is 0 Å². The second-order valence-corrected chi connectivity index (χ2v) is 8.34. The summed E-state index contributed by atoms with van der Waals surface area (Å²) < 4.78 is 24.0. The summed E-state index contributed by atoms with van der Waals surface area (Å²) in [5.41, 5.74) is 1.67. The number of carbonyl (C=O) groups is 2. The topological polar surface area (TPSA) is 91.8 Å². The molecule has 120 valence electrons. The van der Waals surface area contributed by atoms with Crippen molar-refractivity contribution in [1.29, 1.82) is 0 Å². The van der Waals surface area contributed by atoms with Gasteiger partial charge in [-0.05, 0) is 17.2 Å². The van der Waals surface area contributed by atoms with E-state index >= 15 is 0 Å². The maximum Gasteiger partial charge on any atom is 0.326 e. The highest BCUT2D eigenvalue weighted by atomic mass is 79.9. The van der Waals surface area contributed by atoms with Gasteiger partial charge in [0.15, 0.2) is 9.84 Å². The van der Waals surface area contributed by atoms with Crippen LogP contribution in [-0.2, 0) is 32.4 Å². The molecule has 1 unspecified atom stereocenters. The predicted octanol–water partition coefficient (Wildman–Crippen LogP) is 1.22. The Kier molecular flexibility index (Phi) is 4.91. The number of benzene rings is 1. The van der Waals surface area contributed by atoms with E-state index < -0.39 is 33.5 Å². The molecule has 0 aliphatic carbocycles. The smallest absolute Gasteiger partial charge is 0.326 e. The summed E-state index contributed by atoms with van der Waals surface area (Å²) in [6.45, 7) is 1.56. The van der Waals surface area contributed by atoms with Gasteiger partial charge in [-0.15, -0.1) is 0 Å². The van der Waals surface area contributed by atoms with Crippen LogP contribution in [0.2, 0.25) is 0 Å². The van der Waals surface area contributed by atoms with E-state index in [1.54, 1.807) is 6.07 Å². The number of sulfone groups is 1. The fraction of sp³-hybridized carbons (Fsp3) is 0.429. The Bertz CT molecular complexity index is 716. The monoisotopic (exact) mass is 389 g/mol. The van der Waals surface area contributed by atoms with Crippen molar-refractivity contribution in [1.82, 2.24) is 4.90 Å². The number of fused-ring (bicyclic) bond motifs is 1. The van der Waals surface area contributed by atoms with Crippen LogP contribution in [0.25, 0.3) is 0 Å². The van der Waals surface area contributed by atoms with Crippen LogP contribution in [0.15, 0.2) is 22.7 Å². The average molecular weight is 390 g/mol. The first-order valence-electron chi connectivity index (χ1n) is 6.74. The second-order valence-electron chi connectivity index (χ2n) is 5.13. The Hall–Kier alpha value is -1.41. The van der Waals surface area contributed by atoms with Gasteiger partial charge < -0.3 is 10.0 Å². The van der Waals surface area contributed by atoms with Crippen LogP contribution < -0.4 is 0 Å². The fourth-order valence-corrected chi connectivity index (χ4v) is 3.75. The number of rotatable bonds is 4. The molecule has 0 fully saturated rings. The molecule has 0 aromatic heterocycles. The molecule has 1 heterocycles. The van der Waals surface area contributed by atoms with Gasteiger partial charge >= 0.3 is 5.97 Å². The van der Waals surface area contributed by atoms with E-state index in [4.69, 9.17) is 0 Å². The molecule has 0 saturated heterocycles. The summed E-state index contributed by atoms with van der Waals surface area (Å²) in [4.78, 5) is 24.9. The molecular formula is C14H16BrNO5S. The van der Waals surface area contributed by atoms with Gasteiger partial charge in [-0.1, -0.05) is 35.0 Å². The van der Waals surface area contributed by atoms with Gasteiger partial charge in [0.1, 0.15) is 11.8 Å². The lowest BCUT2D eigenvalue weighted by Gasteiger charge is -2.34. The Labute approximate surface area is 137 Å². The van der Waals surface area contributed by atoms with Crippen LogP contribution in [-0.4, -0.2) is 47.8 Å². The third-order valence-electron chi connectivity index (χ3n) is 3.72. The van der Waals surface area contributed by atoms with Crippen molar-refractivity contribution < 1.29 is 23.1 Å². The molecule has 0 bridgehead atoms. The van der Waals surface area contributed by atoms with Crippen molar-refractivity contribution >= 4 is 37.6 Å². The van der Waals surface area contributed by atoms with Gasteiger partial charge in [-0.3, -0.25) is 4.79 Å². The van der Waals surface area contributed by atoms with Gasteiger partial charge in [-0.25, -0.2) is 13.2 Å². The maximum absolute atomic E-state index is 12.3. The summed E-state index contributed by atoms with van der Waals surface area (Å²) in [7, 11) is -3.50. The van der Waals surface area contributed by atoms with E-state index in [1.165, 1.54) is 6.92 Å². The molecule has 6 nitrogen and oxygen atoms in total. The van der Waals surface area contributed by atoms with Gasteiger partial charge in [0.2, 0.25) is 5.91 Å². The third-order valence-corrected chi connectivity index (χ3v) is 6.03. The van der Waals surface area contributed by atoms with Gasteiger partial charge in [0, 0.05) is 23.2 Å². The lowest BCUT2D eigenvalue weighted by Crippen LogP contribution is -2.50. The molecule has 1 atom stereocenters. The summed E-state index contributed by atoms with van der Waals surface area (Å²) in [5, 5.41) is 9.37. The lowest BCUT2D eigenvalue weighted by atomic mass is 9.94. The van der Waals surface area contributed by atoms with Crippen LogP contribution in [0.5, 0.6) is 0 Å². The molecule has 1 aliphatic heterocycles. The highest BCUT2D eigenvalue weighted by Crippen LogP contribution is 2.29. The normalized spacial score (nSPS) is 17.9. The minimum atomic E-state index is -3.50. The summed E-state index contributed by atoms with van der Waals surface area (Å²) >= 11 is 3.38. The SMILES string of the molecule is CCS(=O)(=O)CC(=O)N1Cc2cccc(Br)c2CC1C(=O)O. The number of nitrogens with zero attached hydrogens (tertiary/aromatic N) is 1. The first-order chi connectivity index (χ1) is 10.2. The molecule has 0 saturated carbocycles. The van der Waals surface area contributed by atoms with Gasteiger partial charge in [0.05, 0.1) is 0 Å². The van der Waals surface area contributed by atoms with Gasteiger partial charge in [-0.2, -0.15) is 0 Å². The number of amides is 1. The first kappa shape index (κ1) is 17.0. The number of aliphatic carboxylic acids is 1. The molecule has 1 aromatic rings. The quantitative estimate of drug-likeness (QED) is 0.835. The molecule has 1 N–H and O–H groups in total. The van der Waals surface area contributed by atoms with Crippen LogP contribution >= 0.6 is 15.9 Å². The van der Waals surface area contributed by atoms with E-state index in [0.29, 0.717) is 0 Å². The molecule has 8 heteroatoms. The van der Waals surface area contributed by atoms with Gasteiger partial charge in [0.25, 0.3) is 0 Å². The molecule has 0 radical (unpaired) electrons. The number of carbonyl (C=O) groups excluding carboxylic acids is 1. The third kappa shape index (κ3) is 3.49. The molecule has 1 aromatic carbocycles. The summed E-state index contributed by atoms with van der Waals surface area (Å²) in [5.74, 6) is -2.60. The van der Waals surface area contributed by atoms with Crippen molar-refractivity contribution in [2.75, 3.05) is 11.5 Å². The highest BCUT2D eigenvalue weighted by Gasteiger charge is 2.36. The van der Waals surface area contributed by atoms with Crippen molar-refractivity contribution in [3.63, 3.8) is 0 Å². The summed E-state index contributed by atoms with van der Waals surface area (Å²) in [6, 6.07) is 4.38. The second kappa shape index (κ2) is 6.37. The Balaban J connectivity index is 2.34. The highest BCUT2D eigenvalue weighted by molar-refractivity contribution is 9.10. The zero-order valence-corrected chi connectivity index (χ0v) is 14.4. The van der Waals surface area contributed by atoms with E-state index in [1.807, 2.05) is 12.1 Å². The fourth-order valence-electron chi connectivity index (χ4n) is 2.43. The van der Waals surface area contributed by atoms with Crippen molar-refractivity contribution in [2.24, 2.45) is 0 Å². The number of carboxylic acids is 1. The zero-order chi connectivity index (χ0) is 16.5. The van der Waals surface area contributed by atoms with Crippen molar-refractivity contribution in [2.45, 2.75) is 25.9 Å². The molecule has 22 heavy (non-hydrogen) atoms. The van der Waals surface area contributed by atoms with Crippen LogP contribution in [0.1, 0.15) is 18.1 Å². The van der Waals surface area contributed by atoms with Crippen molar-refractivity contribution in [3.05, 3.63) is 33.8 Å². The minimum absolute atomic E-state index is 0.101. The number of hydrogen-bond donors (Lipinski definition) is 1. The first-order valence-corrected chi connectivity index (χ1v) is 9.35. The van der Waals surface area contributed by atoms with Crippen LogP contribution in [0.3, 0.4) is 0 Å². The Morgan fingerprint density at radius 2 is 2.09 bits per heavy atom. The zero-order valence-electron chi connectivity index (χ0n) is 12.0. The lowest BCUT2D eigenvalue weighted by molar-refractivity contribution is -0.150. The average Bonchev–Trinajstić information content (AvgIpc) is 2.46. The molecule has 2 rings (SSSR count). The Morgan fingerprint density at radius 1 is 1.41 bits per heavy atom. The summed E-state index contributed by atoms with van der Waals surface area (Å²) in [6.07, 6.45) is 0.157. The van der Waals surface area contributed by atoms with E-state index in [-0.39, 0.29) is 18.7 Å². The Morgan fingerprint density at radius 3 is 2.68 bits per heavy atom. The minimum Gasteiger partial charge on any atom is -0.480 e. The molecule has 1 amide bonds. The van der Waals surface area contributed by atoms with E-state index in [9.17, 15) is 23.1 Å². The molecular weight excluding hydrogens is 374 g/mol. The number of carboxylic acid groups (broad SMARTS) is 1. The number of halogens is 1. The van der Waals surface area contributed by atoms with Crippen LogP contribution in [0, 0.1) is 0 Å². The van der Waals surface area contributed by atoms with Crippen molar-refractivity contribution in [3.8, 4) is 0 Å². The largest absolute Gasteiger partial charge is 0.480 e. The molecule has 0 spiro atoms.